The molecule has 1 saturated heterocycles. The largest absolute Gasteiger partial charge is 0.481 e. The Labute approximate surface area is 219 Å². The van der Waals surface area contributed by atoms with Crippen molar-refractivity contribution in [2.24, 2.45) is 0 Å². The van der Waals surface area contributed by atoms with Crippen molar-refractivity contribution < 1.29 is 33.0 Å². The van der Waals surface area contributed by atoms with E-state index in [2.05, 4.69) is 4.57 Å². The van der Waals surface area contributed by atoms with Crippen molar-refractivity contribution in [1.82, 2.24) is 9.55 Å². The molecule has 1 unspecified atom stereocenters. The van der Waals surface area contributed by atoms with E-state index in [-0.39, 0.29) is 24.1 Å². The molecular formula is C28H31F2N3O5. The number of anilines is 1. The number of methoxy groups -OCH3 is 1. The van der Waals surface area contributed by atoms with E-state index in [1.54, 1.807) is 11.0 Å². The summed E-state index contributed by atoms with van der Waals surface area (Å²) < 4.78 is 39.6. The number of aromatic nitrogens is 2. The second-order valence-electron chi connectivity index (χ2n) is 9.99. The van der Waals surface area contributed by atoms with Gasteiger partial charge in [0.05, 0.1) is 42.4 Å². The predicted octanol–water partition coefficient (Wildman–Crippen LogP) is 5.64. The number of halogens is 2. The molecule has 0 bridgehead atoms. The van der Waals surface area contributed by atoms with Crippen LogP contribution in [0.5, 0.6) is 0 Å². The van der Waals surface area contributed by atoms with Gasteiger partial charge in [0.25, 0.3) is 6.43 Å². The number of hydrogen-bond donors (Lipinski definition) is 1. The number of benzene rings is 2. The number of carboxylic acids is 1. The van der Waals surface area contributed by atoms with Crippen molar-refractivity contribution in [2.75, 3.05) is 25.2 Å². The number of alkyl halides is 2. The number of imidazole rings is 1. The molecule has 0 saturated carbocycles. The third-order valence-electron chi connectivity index (χ3n) is 7.65. The van der Waals surface area contributed by atoms with Gasteiger partial charge in [-0.15, -0.1) is 0 Å². The highest BCUT2D eigenvalue weighted by atomic mass is 19.3. The number of carbonyl (C=O) groups excluding carboxylic acids is 1. The summed E-state index contributed by atoms with van der Waals surface area (Å²) in [4.78, 5) is 31.6. The van der Waals surface area contributed by atoms with Gasteiger partial charge in [0.2, 0.25) is 0 Å². The first-order chi connectivity index (χ1) is 18.3. The predicted molar refractivity (Wildman–Crippen MR) is 137 cm³/mol. The molecular weight excluding hydrogens is 496 g/mol. The molecule has 8 nitrogen and oxygen atoms in total. The standard InChI is InChI=1S/C28H31F2N3O5/c1-16-8-9-20-22(32(16)28(36)37-2)10-11-23-25(20)31-24(33(23)19-7-4-12-38-15-19)14-21(27(34)35)17-5-3-6-18(13-17)26(29)30/h3,5-6,10-11,13,16,19,21,26H,4,7-9,12,14-15H2,1-2H3,(H,34,35)/t16-,19-,21?/m0/s1. The molecule has 38 heavy (non-hydrogen) atoms. The van der Waals surface area contributed by atoms with E-state index in [1.807, 2.05) is 19.1 Å². The summed E-state index contributed by atoms with van der Waals surface area (Å²) in [6, 6.07) is 9.32. The molecule has 5 rings (SSSR count). The third kappa shape index (κ3) is 4.73. The van der Waals surface area contributed by atoms with Crippen LogP contribution in [0, 0.1) is 0 Å². The van der Waals surface area contributed by atoms with Crippen molar-refractivity contribution in [3.05, 3.63) is 58.9 Å². The number of aryl methyl sites for hydroxylation is 1. The number of rotatable bonds is 6. The maximum Gasteiger partial charge on any atom is 0.414 e. The summed E-state index contributed by atoms with van der Waals surface area (Å²) in [5.41, 5.74) is 3.30. The number of ether oxygens (including phenoxy) is 2. The minimum absolute atomic E-state index is 0.0269. The van der Waals surface area contributed by atoms with Crippen molar-refractivity contribution >= 4 is 28.8 Å². The highest BCUT2D eigenvalue weighted by Crippen LogP contribution is 2.39. The normalized spacial score (nSPS) is 20.4. The van der Waals surface area contributed by atoms with Crippen LogP contribution in [0.3, 0.4) is 0 Å². The summed E-state index contributed by atoms with van der Waals surface area (Å²) in [6.07, 6.45) is 0.0361. The molecule has 2 aliphatic rings. The van der Waals surface area contributed by atoms with E-state index in [0.29, 0.717) is 36.5 Å². The maximum absolute atomic E-state index is 13.4. The lowest BCUT2D eigenvalue weighted by Crippen LogP contribution is -2.42. The average molecular weight is 528 g/mol. The number of aliphatic carboxylic acids is 1. The molecule has 1 aromatic heterocycles. The van der Waals surface area contributed by atoms with Crippen molar-refractivity contribution in [1.29, 1.82) is 0 Å². The molecule has 3 heterocycles. The zero-order valence-electron chi connectivity index (χ0n) is 21.4. The third-order valence-corrected chi connectivity index (χ3v) is 7.65. The fourth-order valence-corrected chi connectivity index (χ4v) is 5.74. The molecule has 1 N–H and O–H groups in total. The van der Waals surface area contributed by atoms with E-state index < -0.39 is 24.4 Å². The monoisotopic (exact) mass is 527 g/mol. The fourth-order valence-electron chi connectivity index (χ4n) is 5.74. The van der Waals surface area contributed by atoms with Crippen LogP contribution in [0.4, 0.5) is 19.3 Å². The van der Waals surface area contributed by atoms with Gasteiger partial charge >= 0.3 is 12.1 Å². The average Bonchev–Trinajstić information content (AvgIpc) is 3.30. The van der Waals surface area contributed by atoms with Crippen molar-refractivity contribution in [3.8, 4) is 0 Å². The first-order valence-electron chi connectivity index (χ1n) is 12.9. The van der Waals surface area contributed by atoms with E-state index in [4.69, 9.17) is 14.5 Å². The number of nitrogens with zero attached hydrogens (tertiary/aromatic N) is 3. The van der Waals surface area contributed by atoms with Gasteiger partial charge in [-0.1, -0.05) is 18.2 Å². The number of carbonyl (C=O) groups is 2. The molecule has 1 amide bonds. The van der Waals surface area contributed by atoms with Gasteiger partial charge < -0.3 is 19.1 Å². The quantitative estimate of drug-likeness (QED) is 0.446. The zero-order chi connectivity index (χ0) is 27.0. The van der Waals surface area contributed by atoms with Crippen LogP contribution < -0.4 is 4.90 Å². The van der Waals surface area contributed by atoms with Gasteiger partial charge in [0.15, 0.2) is 0 Å². The topological polar surface area (TPSA) is 93.9 Å². The van der Waals surface area contributed by atoms with Crippen LogP contribution in [0.1, 0.15) is 67.1 Å². The van der Waals surface area contributed by atoms with Crippen LogP contribution in [0.15, 0.2) is 36.4 Å². The molecule has 2 aliphatic heterocycles. The molecule has 0 radical (unpaired) electrons. The second kappa shape index (κ2) is 10.7. The molecule has 202 valence electrons. The molecule has 2 aromatic carbocycles. The maximum atomic E-state index is 13.4. The fraction of sp³-hybridized carbons (Fsp3) is 0.464. The Balaban J connectivity index is 1.64. The minimum Gasteiger partial charge on any atom is -0.481 e. The first kappa shape index (κ1) is 26.1. The Hall–Kier alpha value is -3.53. The summed E-state index contributed by atoms with van der Waals surface area (Å²) in [5, 5.41) is 10.1. The molecule has 3 atom stereocenters. The van der Waals surface area contributed by atoms with Gasteiger partial charge in [-0.2, -0.15) is 0 Å². The van der Waals surface area contributed by atoms with Crippen molar-refractivity contribution in [2.45, 2.75) is 63.5 Å². The lowest BCUT2D eigenvalue weighted by atomic mass is 9.93. The van der Waals surface area contributed by atoms with Crippen LogP contribution in [-0.4, -0.2) is 53.1 Å². The molecule has 0 spiro atoms. The Morgan fingerprint density at radius 3 is 2.68 bits per heavy atom. The molecule has 0 aliphatic carbocycles. The van der Waals surface area contributed by atoms with Crippen molar-refractivity contribution in [3.63, 3.8) is 0 Å². The van der Waals surface area contributed by atoms with Gasteiger partial charge in [-0.05, 0) is 56.4 Å². The van der Waals surface area contributed by atoms with Gasteiger partial charge in [0.1, 0.15) is 5.82 Å². The second-order valence-corrected chi connectivity index (χ2v) is 9.99. The number of carboxylic acid groups (broad SMARTS) is 1. The molecule has 10 heteroatoms. The lowest BCUT2D eigenvalue weighted by Gasteiger charge is -2.34. The van der Waals surface area contributed by atoms with E-state index >= 15 is 0 Å². The highest BCUT2D eigenvalue weighted by Gasteiger charge is 2.33. The van der Waals surface area contributed by atoms with Crippen LogP contribution in [0.2, 0.25) is 0 Å². The lowest BCUT2D eigenvalue weighted by molar-refractivity contribution is -0.138. The summed E-state index contributed by atoms with van der Waals surface area (Å²) in [6.45, 7) is 3.11. The SMILES string of the molecule is COC(=O)N1c2ccc3c(nc(CC(C(=O)O)c4cccc(C(F)F)c4)n3[C@H]3CCCOC3)c2CC[C@@H]1C. The van der Waals surface area contributed by atoms with E-state index in [1.165, 1.54) is 25.3 Å². The number of fused-ring (bicyclic) bond motifs is 3. The number of hydrogen-bond acceptors (Lipinski definition) is 5. The van der Waals surface area contributed by atoms with Crippen LogP contribution in [0.25, 0.3) is 11.0 Å². The number of amides is 1. The molecule has 3 aromatic rings. The first-order valence-corrected chi connectivity index (χ1v) is 12.9. The van der Waals surface area contributed by atoms with E-state index in [0.717, 1.165) is 36.0 Å². The summed E-state index contributed by atoms with van der Waals surface area (Å²) in [5.74, 6) is -1.61. The van der Waals surface area contributed by atoms with Gasteiger partial charge in [0, 0.05) is 30.2 Å². The molecule has 1 fully saturated rings. The highest BCUT2D eigenvalue weighted by molar-refractivity contribution is 5.95. The minimum atomic E-state index is -2.69. The van der Waals surface area contributed by atoms with Crippen LogP contribution >= 0.6 is 0 Å². The smallest absolute Gasteiger partial charge is 0.414 e. The Bertz CT molecular complexity index is 1350. The Morgan fingerprint density at radius 2 is 2.00 bits per heavy atom. The van der Waals surface area contributed by atoms with Gasteiger partial charge in [-0.25, -0.2) is 18.6 Å². The van der Waals surface area contributed by atoms with Gasteiger partial charge in [-0.3, -0.25) is 9.69 Å². The Morgan fingerprint density at radius 1 is 1.21 bits per heavy atom. The van der Waals surface area contributed by atoms with Crippen LogP contribution in [-0.2, 0) is 27.1 Å². The zero-order valence-corrected chi connectivity index (χ0v) is 21.4. The summed E-state index contributed by atoms with van der Waals surface area (Å²) >= 11 is 0. The van der Waals surface area contributed by atoms with E-state index in [9.17, 15) is 23.5 Å². The summed E-state index contributed by atoms with van der Waals surface area (Å²) in [7, 11) is 1.35. The Kier molecular flexibility index (Phi) is 7.34.